The SMILES string of the molecule is Cc1ccc(C2CN(CCC#N)C(=O)N2)cc1C. The van der Waals surface area contributed by atoms with Gasteiger partial charge >= 0.3 is 6.03 Å². The monoisotopic (exact) mass is 243 g/mol. The van der Waals surface area contributed by atoms with Gasteiger partial charge in [-0.25, -0.2) is 4.79 Å². The fourth-order valence-corrected chi connectivity index (χ4v) is 2.14. The molecule has 1 N–H and O–H groups in total. The van der Waals surface area contributed by atoms with Crippen LogP contribution in [0.15, 0.2) is 18.2 Å². The zero-order valence-corrected chi connectivity index (χ0v) is 10.7. The van der Waals surface area contributed by atoms with Gasteiger partial charge in [0.15, 0.2) is 0 Å². The molecule has 0 spiro atoms. The van der Waals surface area contributed by atoms with Crippen LogP contribution in [-0.4, -0.2) is 24.0 Å². The van der Waals surface area contributed by atoms with Crippen molar-refractivity contribution >= 4 is 6.03 Å². The van der Waals surface area contributed by atoms with Gasteiger partial charge in [-0.05, 0) is 30.5 Å². The summed E-state index contributed by atoms with van der Waals surface area (Å²) in [5.41, 5.74) is 3.62. The van der Waals surface area contributed by atoms with Crippen molar-refractivity contribution in [1.29, 1.82) is 5.26 Å². The third kappa shape index (κ3) is 2.45. The van der Waals surface area contributed by atoms with Crippen molar-refractivity contribution in [3.8, 4) is 6.07 Å². The molecular formula is C14H17N3O. The van der Waals surface area contributed by atoms with E-state index in [1.54, 1.807) is 4.90 Å². The Morgan fingerprint density at radius 3 is 2.89 bits per heavy atom. The van der Waals surface area contributed by atoms with Crippen LogP contribution in [0.25, 0.3) is 0 Å². The molecule has 18 heavy (non-hydrogen) atoms. The van der Waals surface area contributed by atoms with Crippen LogP contribution in [0.3, 0.4) is 0 Å². The molecule has 2 amide bonds. The molecule has 0 radical (unpaired) electrons. The molecule has 0 bridgehead atoms. The van der Waals surface area contributed by atoms with Gasteiger partial charge in [0.1, 0.15) is 0 Å². The Morgan fingerprint density at radius 1 is 1.44 bits per heavy atom. The largest absolute Gasteiger partial charge is 0.329 e. The van der Waals surface area contributed by atoms with Crippen LogP contribution < -0.4 is 5.32 Å². The normalized spacial score (nSPS) is 18.6. The molecule has 1 aromatic carbocycles. The number of carbonyl (C=O) groups excluding carboxylic acids is 1. The first-order valence-electron chi connectivity index (χ1n) is 6.11. The lowest BCUT2D eigenvalue weighted by Crippen LogP contribution is -2.28. The highest BCUT2D eigenvalue weighted by Gasteiger charge is 2.29. The first-order valence-corrected chi connectivity index (χ1v) is 6.11. The summed E-state index contributed by atoms with van der Waals surface area (Å²) in [7, 11) is 0. The van der Waals surface area contributed by atoms with Crippen LogP contribution >= 0.6 is 0 Å². The number of nitrogens with one attached hydrogen (secondary N) is 1. The van der Waals surface area contributed by atoms with E-state index < -0.39 is 0 Å². The fraction of sp³-hybridized carbons (Fsp3) is 0.429. The van der Waals surface area contributed by atoms with Crippen molar-refractivity contribution in [2.24, 2.45) is 0 Å². The molecule has 94 valence electrons. The number of hydrogen-bond acceptors (Lipinski definition) is 2. The topological polar surface area (TPSA) is 56.1 Å². The smallest absolute Gasteiger partial charge is 0.318 e. The summed E-state index contributed by atoms with van der Waals surface area (Å²) in [5.74, 6) is 0. The number of urea groups is 1. The zero-order valence-electron chi connectivity index (χ0n) is 10.7. The van der Waals surface area contributed by atoms with E-state index in [1.807, 2.05) is 0 Å². The van der Waals surface area contributed by atoms with E-state index in [9.17, 15) is 4.79 Å². The van der Waals surface area contributed by atoms with Crippen LogP contribution in [-0.2, 0) is 0 Å². The van der Waals surface area contributed by atoms with Crippen LogP contribution in [0.2, 0.25) is 0 Å². The Labute approximate surface area is 107 Å². The summed E-state index contributed by atoms with van der Waals surface area (Å²) in [6, 6.07) is 8.28. The molecule has 0 aromatic heterocycles. The summed E-state index contributed by atoms with van der Waals surface area (Å²) in [5, 5.41) is 11.5. The van der Waals surface area contributed by atoms with Crippen molar-refractivity contribution in [2.45, 2.75) is 26.3 Å². The van der Waals surface area contributed by atoms with Crippen molar-refractivity contribution in [2.75, 3.05) is 13.1 Å². The van der Waals surface area contributed by atoms with E-state index in [0.717, 1.165) is 5.56 Å². The molecule has 4 nitrogen and oxygen atoms in total. The Morgan fingerprint density at radius 2 is 2.22 bits per heavy atom. The van der Waals surface area contributed by atoms with Crippen molar-refractivity contribution in [3.05, 3.63) is 34.9 Å². The van der Waals surface area contributed by atoms with Crippen molar-refractivity contribution in [3.63, 3.8) is 0 Å². The molecule has 0 saturated carbocycles. The molecule has 1 aliphatic rings. The lowest BCUT2D eigenvalue weighted by molar-refractivity contribution is 0.218. The van der Waals surface area contributed by atoms with E-state index in [4.69, 9.17) is 5.26 Å². The summed E-state index contributed by atoms with van der Waals surface area (Å²) >= 11 is 0. The summed E-state index contributed by atoms with van der Waals surface area (Å²) in [6.07, 6.45) is 0.382. The van der Waals surface area contributed by atoms with Crippen LogP contribution in [0, 0.1) is 25.2 Å². The van der Waals surface area contributed by atoms with Crippen LogP contribution in [0.5, 0.6) is 0 Å². The number of nitriles is 1. The molecule has 2 rings (SSSR count). The average molecular weight is 243 g/mol. The number of aryl methyl sites for hydroxylation is 2. The highest BCUT2D eigenvalue weighted by molar-refractivity contribution is 5.77. The second kappa shape index (κ2) is 5.09. The first kappa shape index (κ1) is 12.4. The maximum Gasteiger partial charge on any atom is 0.318 e. The minimum absolute atomic E-state index is 0.0375. The molecule has 1 aliphatic heterocycles. The van der Waals surface area contributed by atoms with E-state index in [2.05, 4.69) is 43.4 Å². The maximum atomic E-state index is 11.7. The molecule has 1 saturated heterocycles. The third-order valence-electron chi connectivity index (χ3n) is 3.41. The van der Waals surface area contributed by atoms with Gasteiger partial charge in [0.05, 0.1) is 18.5 Å². The molecule has 4 heteroatoms. The number of amides is 2. The molecule has 1 unspecified atom stereocenters. The Hall–Kier alpha value is -2.02. The zero-order chi connectivity index (χ0) is 13.1. The standard InChI is InChI=1S/C14H17N3O/c1-10-4-5-12(8-11(10)2)13-9-17(7-3-6-15)14(18)16-13/h4-5,8,13H,3,7,9H2,1-2H3,(H,16,18). The lowest BCUT2D eigenvalue weighted by Gasteiger charge is -2.13. The van der Waals surface area contributed by atoms with Crippen molar-refractivity contribution < 1.29 is 4.79 Å². The van der Waals surface area contributed by atoms with Gasteiger partial charge in [-0.3, -0.25) is 0 Å². The second-order valence-corrected chi connectivity index (χ2v) is 4.70. The number of nitrogens with zero attached hydrogens (tertiary/aromatic N) is 2. The quantitative estimate of drug-likeness (QED) is 0.885. The van der Waals surface area contributed by atoms with E-state index >= 15 is 0 Å². The Kier molecular flexibility index (Phi) is 3.52. The molecular weight excluding hydrogens is 226 g/mol. The fourth-order valence-electron chi connectivity index (χ4n) is 2.14. The van der Waals surface area contributed by atoms with E-state index in [0.29, 0.717) is 19.5 Å². The van der Waals surface area contributed by atoms with E-state index in [-0.39, 0.29) is 12.1 Å². The number of benzene rings is 1. The predicted octanol–water partition coefficient (Wildman–Crippen LogP) is 2.28. The van der Waals surface area contributed by atoms with Crippen molar-refractivity contribution in [1.82, 2.24) is 10.2 Å². The molecule has 1 atom stereocenters. The first-order chi connectivity index (χ1) is 8.61. The van der Waals surface area contributed by atoms with Gasteiger partial charge in [-0.15, -0.1) is 0 Å². The minimum atomic E-state index is -0.0755. The Bertz CT molecular complexity index is 504. The highest BCUT2D eigenvalue weighted by atomic mass is 16.2. The number of hydrogen-bond donors (Lipinski definition) is 1. The number of rotatable bonds is 3. The molecule has 0 aliphatic carbocycles. The van der Waals surface area contributed by atoms with Gasteiger partial charge in [0.25, 0.3) is 0 Å². The average Bonchev–Trinajstić information content (AvgIpc) is 2.72. The molecule has 1 heterocycles. The molecule has 1 aromatic rings. The lowest BCUT2D eigenvalue weighted by atomic mass is 10.0. The van der Waals surface area contributed by atoms with Gasteiger partial charge in [-0.2, -0.15) is 5.26 Å². The van der Waals surface area contributed by atoms with E-state index in [1.165, 1.54) is 11.1 Å². The predicted molar refractivity (Wildman–Crippen MR) is 69.0 cm³/mol. The van der Waals surface area contributed by atoms with Gasteiger partial charge in [0.2, 0.25) is 0 Å². The van der Waals surface area contributed by atoms with Gasteiger partial charge < -0.3 is 10.2 Å². The molecule has 1 fully saturated rings. The Balaban J connectivity index is 2.09. The van der Waals surface area contributed by atoms with Gasteiger partial charge in [0, 0.05) is 13.1 Å². The highest BCUT2D eigenvalue weighted by Crippen LogP contribution is 2.22. The van der Waals surface area contributed by atoms with Gasteiger partial charge in [-0.1, -0.05) is 18.2 Å². The third-order valence-corrected chi connectivity index (χ3v) is 3.41. The second-order valence-electron chi connectivity index (χ2n) is 4.70. The summed E-state index contributed by atoms with van der Waals surface area (Å²) in [4.78, 5) is 13.4. The maximum absolute atomic E-state index is 11.7. The summed E-state index contributed by atoms with van der Waals surface area (Å²) in [6.45, 7) is 5.29. The summed E-state index contributed by atoms with van der Waals surface area (Å²) < 4.78 is 0. The van der Waals surface area contributed by atoms with Crippen LogP contribution in [0.1, 0.15) is 29.2 Å². The van der Waals surface area contributed by atoms with Crippen LogP contribution in [0.4, 0.5) is 4.79 Å². The minimum Gasteiger partial charge on any atom is -0.329 e. The number of carbonyl (C=O) groups is 1.